The Hall–Kier alpha value is -1.83. The van der Waals surface area contributed by atoms with Crippen molar-refractivity contribution in [2.24, 2.45) is 0 Å². The van der Waals surface area contributed by atoms with Gasteiger partial charge in [0, 0.05) is 0 Å². The monoisotopic (exact) mass is 418 g/mol. The first-order valence-electron chi connectivity index (χ1n) is 8.85. The van der Waals surface area contributed by atoms with Crippen LogP contribution in [-0.2, 0) is 14.2 Å². The van der Waals surface area contributed by atoms with Crippen molar-refractivity contribution in [2.75, 3.05) is 19.8 Å². The van der Waals surface area contributed by atoms with Gasteiger partial charge in [0.25, 0.3) is 0 Å². The Kier molecular flexibility index (Phi) is 7.91. The molecule has 1 saturated heterocycles. The van der Waals surface area contributed by atoms with Gasteiger partial charge in [0.2, 0.25) is 0 Å². The maximum Gasteiger partial charge on any atom is 0.338 e. The number of rotatable bonds is 8. The predicted molar refractivity (Wildman–Crippen MR) is 94.7 cm³/mol. The molecule has 11 heteroatoms. The minimum atomic E-state index is -1.88. The molecule has 164 valence electrons. The number of aliphatic hydroxyl groups excluding tert-OH is 5. The number of benzene rings is 1. The molecule has 11 nitrogen and oxygen atoms in total. The highest BCUT2D eigenvalue weighted by Gasteiger charge is 2.45. The van der Waals surface area contributed by atoms with E-state index in [1.54, 1.807) is 0 Å². The summed E-state index contributed by atoms with van der Waals surface area (Å²) in [6.45, 7) is -0.605. The van der Waals surface area contributed by atoms with E-state index in [9.17, 15) is 35.4 Å². The van der Waals surface area contributed by atoms with Crippen LogP contribution in [0, 0.1) is 0 Å². The average Bonchev–Trinajstić information content (AvgIpc) is 2.70. The minimum Gasteiger partial charge on any atom is -0.508 e. The second-order valence-electron chi connectivity index (χ2n) is 7.03. The lowest BCUT2D eigenvalue weighted by Crippen LogP contribution is -2.60. The van der Waals surface area contributed by atoms with Crippen LogP contribution in [0.1, 0.15) is 17.3 Å². The van der Waals surface area contributed by atoms with Gasteiger partial charge in [0.1, 0.15) is 48.5 Å². The third kappa shape index (κ3) is 5.84. The van der Waals surface area contributed by atoms with E-state index in [0.29, 0.717) is 0 Å². The van der Waals surface area contributed by atoms with Gasteiger partial charge in [-0.3, -0.25) is 0 Å². The molecule has 1 aromatic carbocycles. The summed E-state index contributed by atoms with van der Waals surface area (Å²) in [7, 11) is 0. The first-order valence-corrected chi connectivity index (χ1v) is 8.85. The fraction of sp³-hybridized carbons (Fsp3) is 0.611. The summed E-state index contributed by atoms with van der Waals surface area (Å²) in [5.41, 5.74) is -1.74. The number of aromatic hydroxyl groups is 1. The van der Waals surface area contributed by atoms with Gasteiger partial charge in [0.05, 0.1) is 18.8 Å². The summed E-state index contributed by atoms with van der Waals surface area (Å²) < 4.78 is 15.6. The Balaban J connectivity index is 1.97. The lowest BCUT2D eigenvalue weighted by atomic mass is 9.98. The largest absolute Gasteiger partial charge is 0.508 e. The van der Waals surface area contributed by atoms with Crippen LogP contribution < -0.4 is 0 Å². The molecule has 7 atom stereocenters. The van der Waals surface area contributed by atoms with Crippen molar-refractivity contribution in [1.29, 1.82) is 0 Å². The number of aliphatic hydroxyl groups is 6. The number of carbonyl (C=O) groups is 1. The molecule has 1 aliphatic rings. The summed E-state index contributed by atoms with van der Waals surface area (Å²) in [5.74, 6) is -0.806. The van der Waals surface area contributed by atoms with Gasteiger partial charge in [-0.05, 0) is 31.2 Å². The SMILES string of the molecule is C[C@](O)(CO[C@H]1O[C@@H](COC(=O)c2ccc(O)cc2)[C@@H](O)[C@H](O)[C@H]1O)[C@H](O)CO. The zero-order valence-corrected chi connectivity index (χ0v) is 15.7. The maximum absolute atomic E-state index is 12.0. The van der Waals surface area contributed by atoms with Gasteiger partial charge >= 0.3 is 5.97 Å². The molecule has 29 heavy (non-hydrogen) atoms. The molecule has 0 amide bonds. The Morgan fingerprint density at radius 2 is 1.79 bits per heavy atom. The molecule has 0 aliphatic carbocycles. The number of phenols is 1. The standard InChI is InChI=1S/C18H26O11/c1-18(26,12(21)6-19)8-28-17-15(24)14(23)13(22)11(29-17)7-27-16(25)9-2-4-10(20)5-3-9/h2-5,11-15,17,19-24,26H,6-8H2,1H3/t11-,12+,13+,14-,15+,17-,18-/m0/s1. The Morgan fingerprint density at radius 1 is 1.17 bits per heavy atom. The van der Waals surface area contributed by atoms with Crippen molar-refractivity contribution in [2.45, 2.75) is 49.3 Å². The van der Waals surface area contributed by atoms with Crippen LogP contribution in [-0.4, -0.2) is 104 Å². The van der Waals surface area contributed by atoms with Gasteiger partial charge in [-0.1, -0.05) is 0 Å². The molecule has 1 heterocycles. The third-order valence-electron chi connectivity index (χ3n) is 4.58. The molecular weight excluding hydrogens is 392 g/mol. The van der Waals surface area contributed by atoms with Crippen LogP contribution in [0.5, 0.6) is 5.75 Å². The Morgan fingerprint density at radius 3 is 2.38 bits per heavy atom. The van der Waals surface area contributed by atoms with E-state index in [1.807, 2.05) is 0 Å². The first kappa shape index (κ1) is 23.4. The topological polar surface area (TPSA) is 186 Å². The molecule has 0 spiro atoms. The number of esters is 1. The van der Waals surface area contributed by atoms with Gasteiger partial charge in [0.15, 0.2) is 6.29 Å². The van der Waals surface area contributed by atoms with E-state index in [4.69, 9.17) is 19.3 Å². The van der Waals surface area contributed by atoms with E-state index in [-0.39, 0.29) is 11.3 Å². The summed E-state index contributed by atoms with van der Waals surface area (Å²) in [6.07, 6.45) is -9.27. The van der Waals surface area contributed by atoms with E-state index < -0.39 is 68.2 Å². The molecule has 0 unspecified atom stereocenters. The van der Waals surface area contributed by atoms with Crippen LogP contribution in [0.3, 0.4) is 0 Å². The van der Waals surface area contributed by atoms with Crippen LogP contribution in [0.2, 0.25) is 0 Å². The molecule has 0 bridgehead atoms. The highest BCUT2D eigenvalue weighted by molar-refractivity contribution is 5.89. The second kappa shape index (κ2) is 9.78. The zero-order chi connectivity index (χ0) is 21.8. The number of carbonyl (C=O) groups excluding carboxylic acids is 1. The van der Waals surface area contributed by atoms with E-state index in [2.05, 4.69) is 0 Å². The number of phenolic OH excluding ortho intramolecular Hbond substituents is 1. The van der Waals surface area contributed by atoms with E-state index in [0.717, 1.165) is 0 Å². The maximum atomic E-state index is 12.0. The van der Waals surface area contributed by atoms with Crippen molar-refractivity contribution < 1.29 is 54.8 Å². The summed E-state index contributed by atoms with van der Waals surface area (Å²) in [5, 5.41) is 67.8. The summed E-state index contributed by atoms with van der Waals surface area (Å²) in [4.78, 5) is 12.0. The minimum absolute atomic E-state index is 0.0353. The molecule has 2 rings (SSSR count). The quantitative estimate of drug-likeness (QED) is 0.221. The van der Waals surface area contributed by atoms with Gasteiger partial charge in [-0.25, -0.2) is 4.79 Å². The third-order valence-corrected chi connectivity index (χ3v) is 4.58. The lowest BCUT2D eigenvalue weighted by molar-refractivity contribution is -0.310. The van der Waals surface area contributed by atoms with E-state index >= 15 is 0 Å². The highest BCUT2D eigenvalue weighted by atomic mass is 16.7. The molecule has 0 radical (unpaired) electrons. The average molecular weight is 418 g/mol. The van der Waals surface area contributed by atoms with Crippen molar-refractivity contribution in [3.05, 3.63) is 29.8 Å². The molecule has 1 aromatic rings. The van der Waals surface area contributed by atoms with Gasteiger partial charge in [-0.2, -0.15) is 0 Å². The normalized spacial score (nSPS) is 30.4. The highest BCUT2D eigenvalue weighted by Crippen LogP contribution is 2.24. The van der Waals surface area contributed by atoms with Crippen molar-refractivity contribution in [3.63, 3.8) is 0 Å². The molecular formula is C18H26O11. The van der Waals surface area contributed by atoms with Crippen molar-refractivity contribution in [1.82, 2.24) is 0 Å². The smallest absolute Gasteiger partial charge is 0.338 e. The summed E-state index contributed by atoms with van der Waals surface area (Å²) >= 11 is 0. The predicted octanol–water partition coefficient (Wildman–Crippen LogP) is -2.52. The number of ether oxygens (including phenoxy) is 3. The molecule has 0 saturated carbocycles. The molecule has 7 N–H and O–H groups in total. The zero-order valence-electron chi connectivity index (χ0n) is 15.7. The van der Waals surface area contributed by atoms with Gasteiger partial charge < -0.3 is 50.0 Å². The van der Waals surface area contributed by atoms with Crippen LogP contribution in [0.4, 0.5) is 0 Å². The molecule has 0 aromatic heterocycles. The van der Waals surface area contributed by atoms with Crippen LogP contribution >= 0.6 is 0 Å². The van der Waals surface area contributed by atoms with Crippen LogP contribution in [0.25, 0.3) is 0 Å². The van der Waals surface area contributed by atoms with Crippen molar-refractivity contribution in [3.8, 4) is 5.75 Å². The summed E-state index contributed by atoms with van der Waals surface area (Å²) in [6, 6.07) is 5.24. The first-order chi connectivity index (χ1) is 13.6. The lowest BCUT2D eigenvalue weighted by Gasteiger charge is -2.41. The van der Waals surface area contributed by atoms with Crippen LogP contribution in [0.15, 0.2) is 24.3 Å². The molecule has 1 aliphatic heterocycles. The Labute approximate surface area is 166 Å². The second-order valence-corrected chi connectivity index (χ2v) is 7.03. The molecule has 1 fully saturated rings. The Bertz CT molecular complexity index is 662. The number of hydrogen-bond donors (Lipinski definition) is 7. The van der Waals surface area contributed by atoms with Crippen molar-refractivity contribution >= 4 is 5.97 Å². The number of hydrogen-bond acceptors (Lipinski definition) is 11. The van der Waals surface area contributed by atoms with E-state index in [1.165, 1.54) is 31.2 Å². The van der Waals surface area contributed by atoms with Gasteiger partial charge in [-0.15, -0.1) is 0 Å². The fourth-order valence-electron chi connectivity index (χ4n) is 2.57. The fourth-order valence-corrected chi connectivity index (χ4v) is 2.57.